The zero-order valence-corrected chi connectivity index (χ0v) is 14.7. The number of hydrazine groups is 1. The molecule has 134 valence electrons. The van der Waals surface area contributed by atoms with Gasteiger partial charge >= 0.3 is 0 Å². The summed E-state index contributed by atoms with van der Waals surface area (Å²) >= 11 is 0. The molecular weight excluding hydrogens is 316 g/mol. The van der Waals surface area contributed by atoms with E-state index >= 15 is 0 Å². The molecule has 0 aliphatic rings. The predicted molar refractivity (Wildman–Crippen MR) is 99.1 cm³/mol. The molecule has 0 radical (unpaired) electrons. The second-order valence-corrected chi connectivity index (χ2v) is 6.03. The summed E-state index contributed by atoms with van der Waals surface area (Å²) in [6, 6.07) is 13.5. The fourth-order valence-electron chi connectivity index (χ4n) is 2.59. The van der Waals surface area contributed by atoms with E-state index in [4.69, 9.17) is 4.74 Å². The van der Waals surface area contributed by atoms with E-state index in [1.54, 1.807) is 0 Å². The number of ether oxygens (including phenoxy) is 1. The summed E-state index contributed by atoms with van der Waals surface area (Å²) in [7, 11) is 0. The van der Waals surface area contributed by atoms with E-state index in [-0.39, 0.29) is 18.4 Å². The van der Waals surface area contributed by atoms with Gasteiger partial charge in [0.25, 0.3) is 5.91 Å². The SMILES string of the molecule is CCCCCCCC(=O)NNC(=O)COc1cccc2ccccc12. The van der Waals surface area contributed by atoms with Gasteiger partial charge < -0.3 is 4.74 Å². The second-order valence-electron chi connectivity index (χ2n) is 6.03. The van der Waals surface area contributed by atoms with E-state index in [0.717, 1.165) is 30.0 Å². The third-order valence-corrected chi connectivity index (χ3v) is 3.96. The summed E-state index contributed by atoms with van der Waals surface area (Å²) in [5.41, 5.74) is 4.82. The van der Waals surface area contributed by atoms with Gasteiger partial charge in [-0.3, -0.25) is 20.4 Å². The third-order valence-electron chi connectivity index (χ3n) is 3.96. The van der Waals surface area contributed by atoms with Crippen LogP contribution in [0.15, 0.2) is 42.5 Å². The molecule has 5 heteroatoms. The normalized spacial score (nSPS) is 10.4. The van der Waals surface area contributed by atoms with Gasteiger partial charge in [0.2, 0.25) is 5.91 Å². The van der Waals surface area contributed by atoms with Gasteiger partial charge in [0.1, 0.15) is 5.75 Å². The second kappa shape index (κ2) is 10.3. The highest BCUT2D eigenvalue weighted by molar-refractivity contribution is 5.89. The number of fused-ring (bicyclic) bond motifs is 1. The summed E-state index contributed by atoms with van der Waals surface area (Å²) in [4.78, 5) is 23.5. The molecule has 0 aliphatic heterocycles. The maximum absolute atomic E-state index is 11.8. The minimum absolute atomic E-state index is 0.148. The number of nitrogens with one attached hydrogen (secondary N) is 2. The highest BCUT2D eigenvalue weighted by Gasteiger charge is 2.07. The largest absolute Gasteiger partial charge is 0.483 e. The van der Waals surface area contributed by atoms with Crippen molar-refractivity contribution in [1.29, 1.82) is 0 Å². The van der Waals surface area contributed by atoms with Gasteiger partial charge in [-0.2, -0.15) is 0 Å². The lowest BCUT2D eigenvalue weighted by Crippen LogP contribution is -2.43. The lowest BCUT2D eigenvalue weighted by Gasteiger charge is -2.10. The average Bonchev–Trinajstić information content (AvgIpc) is 2.64. The van der Waals surface area contributed by atoms with Gasteiger partial charge in [0.15, 0.2) is 6.61 Å². The van der Waals surface area contributed by atoms with Crippen LogP contribution in [0.1, 0.15) is 45.4 Å². The molecule has 0 spiro atoms. The lowest BCUT2D eigenvalue weighted by molar-refractivity contribution is -0.130. The van der Waals surface area contributed by atoms with Gasteiger partial charge in [-0.05, 0) is 17.9 Å². The summed E-state index contributed by atoms with van der Waals surface area (Å²) in [6.45, 7) is 2.01. The minimum atomic E-state index is -0.382. The van der Waals surface area contributed by atoms with Crippen LogP contribution in [-0.2, 0) is 9.59 Å². The van der Waals surface area contributed by atoms with E-state index in [1.807, 2.05) is 42.5 Å². The Kier molecular flexibility index (Phi) is 7.76. The first kappa shape index (κ1) is 18.8. The van der Waals surface area contributed by atoms with E-state index in [0.29, 0.717) is 12.2 Å². The van der Waals surface area contributed by atoms with Crippen LogP contribution in [0, 0.1) is 0 Å². The molecule has 0 saturated carbocycles. The van der Waals surface area contributed by atoms with Gasteiger partial charge in [-0.15, -0.1) is 0 Å². The standard InChI is InChI=1S/C20H26N2O3/c1-2-3-4-5-6-14-19(23)21-22-20(24)15-25-18-13-9-11-16-10-7-8-12-17(16)18/h7-13H,2-6,14-15H2,1H3,(H,21,23)(H,22,24). The van der Waals surface area contributed by atoms with Crippen molar-refractivity contribution in [2.24, 2.45) is 0 Å². The molecule has 0 saturated heterocycles. The van der Waals surface area contributed by atoms with Crippen molar-refractivity contribution in [3.8, 4) is 5.75 Å². The number of carbonyl (C=O) groups is 2. The first-order chi connectivity index (χ1) is 12.2. The van der Waals surface area contributed by atoms with Gasteiger partial charge in [0, 0.05) is 11.8 Å². The van der Waals surface area contributed by atoms with Crippen molar-refractivity contribution < 1.29 is 14.3 Å². The molecule has 2 aromatic rings. The maximum Gasteiger partial charge on any atom is 0.276 e. The Morgan fingerprint density at radius 1 is 0.880 bits per heavy atom. The summed E-state index contributed by atoms with van der Waals surface area (Å²) in [5, 5.41) is 2.01. The first-order valence-corrected chi connectivity index (χ1v) is 8.89. The number of unbranched alkanes of at least 4 members (excludes halogenated alkanes) is 4. The van der Waals surface area contributed by atoms with Crippen LogP contribution in [-0.4, -0.2) is 18.4 Å². The van der Waals surface area contributed by atoms with Crippen molar-refractivity contribution in [3.63, 3.8) is 0 Å². The molecular formula is C20H26N2O3. The maximum atomic E-state index is 11.8. The highest BCUT2D eigenvalue weighted by atomic mass is 16.5. The Hall–Kier alpha value is -2.56. The van der Waals surface area contributed by atoms with E-state index in [9.17, 15) is 9.59 Å². The molecule has 0 aromatic heterocycles. The monoisotopic (exact) mass is 342 g/mol. The molecule has 0 aliphatic carbocycles. The van der Waals surface area contributed by atoms with Crippen molar-refractivity contribution in [2.45, 2.75) is 45.4 Å². The smallest absolute Gasteiger partial charge is 0.276 e. The number of carbonyl (C=O) groups excluding carboxylic acids is 2. The van der Waals surface area contributed by atoms with Crippen molar-refractivity contribution in [3.05, 3.63) is 42.5 Å². The highest BCUT2D eigenvalue weighted by Crippen LogP contribution is 2.24. The Bertz CT molecular complexity index is 695. The van der Waals surface area contributed by atoms with Crippen LogP contribution in [0.4, 0.5) is 0 Å². The third kappa shape index (κ3) is 6.45. The molecule has 0 fully saturated rings. The first-order valence-electron chi connectivity index (χ1n) is 8.89. The van der Waals surface area contributed by atoms with Crippen molar-refractivity contribution in [1.82, 2.24) is 10.9 Å². The quantitative estimate of drug-likeness (QED) is 0.539. The molecule has 25 heavy (non-hydrogen) atoms. The van der Waals surface area contributed by atoms with Crippen LogP contribution in [0.3, 0.4) is 0 Å². The molecule has 0 atom stereocenters. The molecule has 0 unspecified atom stereocenters. The van der Waals surface area contributed by atoms with Crippen LogP contribution in [0.25, 0.3) is 10.8 Å². The fourth-order valence-corrected chi connectivity index (χ4v) is 2.59. The molecule has 0 bridgehead atoms. The Morgan fingerprint density at radius 3 is 2.44 bits per heavy atom. The zero-order chi connectivity index (χ0) is 17.9. The van der Waals surface area contributed by atoms with Crippen molar-refractivity contribution in [2.75, 3.05) is 6.61 Å². The van der Waals surface area contributed by atoms with Crippen LogP contribution >= 0.6 is 0 Å². The van der Waals surface area contributed by atoms with E-state index in [1.165, 1.54) is 12.8 Å². The van der Waals surface area contributed by atoms with E-state index in [2.05, 4.69) is 17.8 Å². The number of rotatable bonds is 9. The summed E-state index contributed by atoms with van der Waals surface area (Å²) in [5.74, 6) is 0.0952. The lowest BCUT2D eigenvalue weighted by atomic mass is 10.1. The Balaban J connectivity index is 1.69. The fraction of sp³-hybridized carbons (Fsp3) is 0.400. The van der Waals surface area contributed by atoms with Crippen molar-refractivity contribution >= 4 is 22.6 Å². The zero-order valence-electron chi connectivity index (χ0n) is 14.7. The molecule has 5 nitrogen and oxygen atoms in total. The molecule has 2 N–H and O–H groups in total. The molecule has 2 rings (SSSR count). The predicted octanol–water partition coefficient (Wildman–Crippen LogP) is 3.73. The Labute approximate surface area is 148 Å². The number of benzene rings is 2. The topological polar surface area (TPSA) is 67.4 Å². The summed E-state index contributed by atoms with van der Waals surface area (Å²) < 4.78 is 5.58. The van der Waals surface area contributed by atoms with E-state index < -0.39 is 0 Å². The number of hydrogen-bond acceptors (Lipinski definition) is 3. The molecule has 2 amide bonds. The van der Waals surface area contributed by atoms with Crippen LogP contribution < -0.4 is 15.6 Å². The number of amides is 2. The summed E-state index contributed by atoms with van der Waals surface area (Å²) in [6.07, 6.45) is 5.83. The Morgan fingerprint density at radius 2 is 1.60 bits per heavy atom. The molecule has 2 aromatic carbocycles. The minimum Gasteiger partial charge on any atom is -0.483 e. The molecule has 0 heterocycles. The van der Waals surface area contributed by atoms with Gasteiger partial charge in [-0.25, -0.2) is 0 Å². The number of hydrogen-bond donors (Lipinski definition) is 2. The van der Waals surface area contributed by atoms with Crippen LogP contribution in [0.5, 0.6) is 5.75 Å². The average molecular weight is 342 g/mol. The van der Waals surface area contributed by atoms with Gasteiger partial charge in [-0.1, -0.05) is 69.0 Å². The van der Waals surface area contributed by atoms with Crippen LogP contribution in [0.2, 0.25) is 0 Å². The van der Waals surface area contributed by atoms with Gasteiger partial charge in [0.05, 0.1) is 0 Å².